The fourth-order valence-corrected chi connectivity index (χ4v) is 3.36. The van der Waals surface area contributed by atoms with E-state index in [0.29, 0.717) is 4.34 Å². The van der Waals surface area contributed by atoms with E-state index >= 15 is 0 Å². The molecule has 0 aliphatic carbocycles. The van der Waals surface area contributed by atoms with Gasteiger partial charge in [0.05, 0.1) is 5.69 Å². The third kappa shape index (κ3) is 2.75. The molecule has 0 unspecified atom stereocenters. The lowest BCUT2D eigenvalue weighted by molar-refractivity contribution is 0.313. The summed E-state index contributed by atoms with van der Waals surface area (Å²) >= 11 is 7.13. The number of anilines is 1. The molecule has 1 aliphatic rings. The number of halogens is 1. The summed E-state index contributed by atoms with van der Waals surface area (Å²) < 4.78 is 2.12. The zero-order valence-electron chi connectivity index (χ0n) is 11.3. The second-order valence-corrected chi connectivity index (χ2v) is 6.60. The molecule has 4 nitrogen and oxygen atoms in total. The van der Waals surface area contributed by atoms with E-state index in [1.165, 1.54) is 23.3 Å². The summed E-state index contributed by atoms with van der Waals surface area (Å²) in [6, 6.07) is 9.53. The first-order valence-electron chi connectivity index (χ1n) is 6.56. The summed E-state index contributed by atoms with van der Waals surface area (Å²) in [5.74, 6) is 0. The zero-order valence-corrected chi connectivity index (χ0v) is 12.8. The first kappa shape index (κ1) is 13.7. The summed E-state index contributed by atoms with van der Waals surface area (Å²) in [6.07, 6.45) is 0. The Morgan fingerprint density at radius 2 is 1.65 bits per heavy atom. The van der Waals surface area contributed by atoms with Crippen molar-refractivity contribution in [1.82, 2.24) is 8.86 Å². The lowest BCUT2D eigenvalue weighted by Crippen LogP contribution is -2.44. The van der Waals surface area contributed by atoms with Crippen molar-refractivity contribution >= 4 is 28.8 Å². The highest BCUT2D eigenvalue weighted by Gasteiger charge is 2.14. The number of hydrogen-bond donors (Lipinski definition) is 0. The van der Waals surface area contributed by atoms with Crippen LogP contribution in [0, 0.1) is 0 Å². The normalized spacial score (nSPS) is 16.6. The van der Waals surface area contributed by atoms with Crippen molar-refractivity contribution in [2.45, 2.75) is 0 Å². The monoisotopic (exact) mass is 309 g/mol. The van der Waals surface area contributed by atoms with Gasteiger partial charge in [-0.1, -0.05) is 11.6 Å². The van der Waals surface area contributed by atoms with E-state index in [1.807, 2.05) is 12.1 Å². The van der Waals surface area contributed by atoms with Gasteiger partial charge in [0.2, 0.25) is 0 Å². The Hall–Kier alpha value is -1.30. The van der Waals surface area contributed by atoms with Gasteiger partial charge in [0.25, 0.3) is 5.56 Å². The molecule has 0 bridgehead atoms. The van der Waals surface area contributed by atoms with Crippen molar-refractivity contribution in [3.63, 3.8) is 0 Å². The van der Waals surface area contributed by atoms with E-state index in [4.69, 9.17) is 11.6 Å². The van der Waals surface area contributed by atoms with Crippen LogP contribution in [-0.2, 0) is 0 Å². The van der Waals surface area contributed by atoms with Crippen LogP contribution in [0.15, 0.2) is 35.1 Å². The highest BCUT2D eigenvalue weighted by molar-refractivity contribution is 7.11. The SMILES string of the molecule is CN1CCN(c2ccc(-n3sc(Cl)cc3=O)cc2)CC1. The van der Waals surface area contributed by atoms with Crippen LogP contribution >= 0.6 is 23.1 Å². The van der Waals surface area contributed by atoms with Crippen LogP contribution in [0.2, 0.25) is 4.34 Å². The molecule has 0 radical (unpaired) electrons. The molecule has 1 fully saturated rings. The van der Waals surface area contributed by atoms with E-state index in [2.05, 4.69) is 29.0 Å². The van der Waals surface area contributed by atoms with Gasteiger partial charge in [-0.2, -0.15) is 0 Å². The van der Waals surface area contributed by atoms with Gasteiger partial charge in [0.15, 0.2) is 0 Å². The number of rotatable bonds is 2. The van der Waals surface area contributed by atoms with Gasteiger partial charge in [0.1, 0.15) is 4.34 Å². The molecule has 1 aromatic carbocycles. The topological polar surface area (TPSA) is 28.5 Å². The molecule has 3 rings (SSSR count). The molecular formula is C14H16ClN3OS. The molecule has 0 saturated carbocycles. The number of benzene rings is 1. The quantitative estimate of drug-likeness (QED) is 0.852. The largest absolute Gasteiger partial charge is 0.369 e. The number of likely N-dealkylation sites (N-methyl/N-ethyl adjacent to an activating group) is 1. The van der Waals surface area contributed by atoms with Crippen molar-refractivity contribution in [2.24, 2.45) is 0 Å². The van der Waals surface area contributed by atoms with Crippen LogP contribution in [0.4, 0.5) is 5.69 Å². The minimum absolute atomic E-state index is 0.0765. The first-order chi connectivity index (χ1) is 9.63. The van der Waals surface area contributed by atoms with Gasteiger partial charge in [-0.15, -0.1) is 0 Å². The molecule has 2 aromatic rings. The third-order valence-electron chi connectivity index (χ3n) is 3.57. The van der Waals surface area contributed by atoms with E-state index in [1.54, 1.807) is 3.96 Å². The number of hydrogen-bond acceptors (Lipinski definition) is 4. The van der Waals surface area contributed by atoms with Crippen LogP contribution in [0.1, 0.15) is 0 Å². The van der Waals surface area contributed by atoms with Gasteiger partial charge in [-0.05, 0) is 42.8 Å². The molecule has 6 heteroatoms. The summed E-state index contributed by atoms with van der Waals surface area (Å²) in [6.45, 7) is 4.25. The Morgan fingerprint density at radius 3 is 2.20 bits per heavy atom. The second-order valence-electron chi connectivity index (χ2n) is 4.98. The summed E-state index contributed by atoms with van der Waals surface area (Å²) in [4.78, 5) is 16.4. The van der Waals surface area contributed by atoms with Gasteiger partial charge in [-0.25, -0.2) is 3.96 Å². The molecule has 1 saturated heterocycles. The molecule has 0 N–H and O–H groups in total. The number of aromatic nitrogens is 1. The molecule has 0 amide bonds. The molecule has 0 atom stereocenters. The third-order valence-corrected chi connectivity index (χ3v) is 4.75. The molecule has 2 heterocycles. The fourth-order valence-electron chi connectivity index (χ4n) is 2.36. The van der Waals surface area contributed by atoms with E-state index in [-0.39, 0.29) is 5.56 Å². The summed E-state index contributed by atoms with van der Waals surface area (Å²) in [5, 5.41) is 0. The van der Waals surface area contributed by atoms with Gasteiger partial charge < -0.3 is 9.80 Å². The molecule has 0 spiro atoms. The van der Waals surface area contributed by atoms with Crippen LogP contribution in [0.5, 0.6) is 0 Å². The minimum Gasteiger partial charge on any atom is -0.369 e. The van der Waals surface area contributed by atoms with Gasteiger partial charge >= 0.3 is 0 Å². The Bertz CT molecular complexity index is 641. The average molecular weight is 310 g/mol. The summed E-state index contributed by atoms with van der Waals surface area (Å²) in [7, 11) is 2.15. The molecule has 1 aromatic heterocycles. The van der Waals surface area contributed by atoms with Crippen LogP contribution in [0.25, 0.3) is 5.69 Å². The van der Waals surface area contributed by atoms with Crippen LogP contribution < -0.4 is 10.5 Å². The fraction of sp³-hybridized carbons (Fsp3) is 0.357. The Morgan fingerprint density at radius 1 is 1.05 bits per heavy atom. The van der Waals surface area contributed by atoms with E-state index in [0.717, 1.165) is 31.9 Å². The number of nitrogens with zero attached hydrogens (tertiary/aromatic N) is 3. The van der Waals surface area contributed by atoms with E-state index < -0.39 is 0 Å². The average Bonchev–Trinajstić information content (AvgIpc) is 2.79. The first-order valence-corrected chi connectivity index (χ1v) is 7.71. The number of piperazine rings is 1. The highest BCUT2D eigenvalue weighted by atomic mass is 35.5. The zero-order chi connectivity index (χ0) is 14.1. The van der Waals surface area contributed by atoms with Crippen LogP contribution in [0.3, 0.4) is 0 Å². The Kier molecular flexibility index (Phi) is 3.83. The molecule has 1 aliphatic heterocycles. The van der Waals surface area contributed by atoms with Crippen molar-refractivity contribution in [3.8, 4) is 5.69 Å². The lowest BCUT2D eigenvalue weighted by atomic mass is 10.2. The van der Waals surface area contributed by atoms with Gasteiger partial charge in [-0.3, -0.25) is 4.79 Å². The highest BCUT2D eigenvalue weighted by Crippen LogP contribution is 2.21. The van der Waals surface area contributed by atoms with Crippen molar-refractivity contribution < 1.29 is 0 Å². The predicted molar refractivity (Wildman–Crippen MR) is 84.6 cm³/mol. The molecule has 20 heavy (non-hydrogen) atoms. The van der Waals surface area contributed by atoms with E-state index in [9.17, 15) is 4.79 Å². The van der Waals surface area contributed by atoms with Crippen molar-refractivity contribution in [3.05, 3.63) is 45.0 Å². The molecule has 106 valence electrons. The lowest BCUT2D eigenvalue weighted by Gasteiger charge is -2.34. The standard InChI is InChI=1S/C14H16ClN3OS/c1-16-6-8-17(9-7-16)11-2-4-12(5-3-11)18-14(19)10-13(15)20-18/h2-5,10H,6-9H2,1H3. The maximum atomic E-state index is 11.7. The summed E-state index contributed by atoms with van der Waals surface area (Å²) in [5.41, 5.74) is 2.00. The minimum atomic E-state index is -0.0765. The maximum Gasteiger partial charge on any atom is 0.266 e. The predicted octanol–water partition coefficient (Wildman–Crippen LogP) is 2.30. The van der Waals surface area contributed by atoms with Crippen LogP contribution in [-0.4, -0.2) is 42.1 Å². The van der Waals surface area contributed by atoms with Gasteiger partial charge in [0, 0.05) is 37.9 Å². The Balaban J connectivity index is 1.81. The molecular weight excluding hydrogens is 294 g/mol. The van der Waals surface area contributed by atoms with Crippen molar-refractivity contribution in [1.29, 1.82) is 0 Å². The Labute approximate surface area is 127 Å². The smallest absolute Gasteiger partial charge is 0.266 e. The second kappa shape index (κ2) is 5.60. The van der Waals surface area contributed by atoms with Crippen molar-refractivity contribution in [2.75, 3.05) is 38.1 Å². The maximum absolute atomic E-state index is 11.7.